The van der Waals surface area contributed by atoms with Crippen molar-refractivity contribution in [2.75, 3.05) is 11.9 Å². The molecular formula is C24H25FN2O2. The molecule has 1 aliphatic carbocycles. The van der Waals surface area contributed by atoms with Crippen LogP contribution in [0, 0.1) is 23.2 Å². The number of carbonyl (C=O) groups excluding carboxylic acids is 1. The van der Waals surface area contributed by atoms with Gasteiger partial charge >= 0.3 is 0 Å². The summed E-state index contributed by atoms with van der Waals surface area (Å²) in [4.78, 5) is 10.8. The Kier molecular flexibility index (Phi) is 7.02. The second-order valence-corrected chi connectivity index (χ2v) is 7.18. The van der Waals surface area contributed by atoms with Gasteiger partial charge in [-0.05, 0) is 49.4 Å². The SMILES string of the molecule is CC#C[C@@H](CC=O)c1ccc(OCc2cccc(NCC3CC3)c2C(=N)F)cc1. The molecular weight excluding hydrogens is 367 g/mol. The van der Waals surface area contributed by atoms with Crippen LogP contribution in [0.25, 0.3) is 0 Å². The Morgan fingerprint density at radius 3 is 2.69 bits per heavy atom. The zero-order chi connectivity index (χ0) is 20.6. The Hall–Kier alpha value is -3.13. The van der Waals surface area contributed by atoms with Gasteiger partial charge in [0.05, 0.1) is 11.5 Å². The number of benzene rings is 2. The molecule has 0 bridgehead atoms. The standard InChI is InChI=1S/C24H25FN2O2/c1-2-4-18(13-14-28)19-9-11-21(12-10-19)29-16-20-5-3-6-22(23(20)24(25)26)27-15-17-7-8-17/h3,5-6,9-12,14,17-18,26-27H,7-8,13,15-16H2,1H3/t18-/m0/s1. The highest BCUT2D eigenvalue weighted by atomic mass is 19.1. The molecule has 1 saturated carbocycles. The Bertz CT molecular complexity index is 924. The van der Waals surface area contributed by atoms with Crippen molar-refractivity contribution in [3.8, 4) is 17.6 Å². The molecule has 2 N–H and O–H groups in total. The fourth-order valence-corrected chi connectivity index (χ4v) is 3.21. The van der Waals surface area contributed by atoms with Crippen LogP contribution in [0.5, 0.6) is 5.75 Å². The first-order valence-electron chi connectivity index (χ1n) is 9.81. The third-order valence-electron chi connectivity index (χ3n) is 4.98. The number of hydrogen-bond acceptors (Lipinski definition) is 4. The summed E-state index contributed by atoms with van der Waals surface area (Å²) in [6, 6.07) is 12.8. The van der Waals surface area contributed by atoms with E-state index in [-0.39, 0.29) is 18.1 Å². The molecule has 0 saturated heterocycles. The molecule has 150 valence electrons. The molecule has 0 amide bonds. The van der Waals surface area contributed by atoms with Gasteiger partial charge in [-0.25, -0.2) is 0 Å². The molecule has 0 aliphatic heterocycles. The minimum atomic E-state index is -0.965. The summed E-state index contributed by atoms with van der Waals surface area (Å²) in [6.45, 7) is 2.71. The maximum Gasteiger partial charge on any atom is 0.215 e. The van der Waals surface area contributed by atoms with E-state index in [0.717, 1.165) is 18.4 Å². The van der Waals surface area contributed by atoms with Crippen molar-refractivity contribution in [3.63, 3.8) is 0 Å². The molecule has 1 aliphatic rings. The molecule has 4 nitrogen and oxygen atoms in total. The Morgan fingerprint density at radius 2 is 2.07 bits per heavy atom. The number of aldehydes is 1. The van der Waals surface area contributed by atoms with Crippen LogP contribution >= 0.6 is 0 Å². The first-order valence-corrected chi connectivity index (χ1v) is 9.81. The van der Waals surface area contributed by atoms with Crippen molar-refractivity contribution >= 4 is 17.9 Å². The molecule has 1 atom stereocenters. The van der Waals surface area contributed by atoms with Crippen LogP contribution in [0.1, 0.15) is 48.8 Å². The molecule has 0 spiro atoms. The van der Waals surface area contributed by atoms with Gasteiger partial charge < -0.3 is 14.8 Å². The number of nitrogens with one attached hydrogen (secondary N) is 2. The zero-order valence-electron chi connectivity index (χ0n) is 16.5. The van der Waals surface area contributed by atoms with Crippen LogP contribution in [0.15, 0.2) is 42.5 Å². The summed E-state index contributed by atoms with van der Waals surface area (Å²) < 4.78 is 19.8. The quantitative estimate of drug-likeness (QED) is 0.337. The predicted octanol–water partition coefficient (Wildman–Crippen LogP) is 5.08. The minimum Gasteiger partial charge on any atom is -0.489 e. The minimum absolute atomic E-state index is 0.126. The van der Waals surface area contributed by atoms with Gasteiger partial charge in [0.1, 0.15) is 18.6 Å². The second kappa shape index (κ2) is 9.88. The number of hydrogen-bond donors (Lipinski definition) is 2. The van der Waals surface area contributed by atoms with Crippen molar-refractivity contribution in [2.24, 2.45) is 5.92 Å². The van der Waals surface area contributed by atoms with Gasteiger partial charge in [-0.2, -0.15) is 4.39 Å². The smallest absolute Gasteiger partial charge is 0.215 e. The average Bonchev–Trinajstić information content (AvgIpc) is 3.55. The second-order valence-electron chi connectivity index (χ2n) is 7.18. The molecule has 1 fully saturated rings. The Balaban J connectivity index is 1.70. The van der Waals surface area contributed by atoms with Crippen LogP contribution < -0.4 is 10.1 Å². The highest BCUT2D eigenvalue weighted by Gasteiger charge is 2.22. The van der Waals surface area contributed by atoms with E-state index in [9.17, 15) is 9.18 Å². The zero-order valence-corrected chi connectivity index (χ0v) is 16.5. The summed E-state index contributed by atoms with van der Waals surface area (Å²) in [5.74, 6) is 6.08. The lowest BCUT2D eigenvalue weighted by atomic mass is 9.97. The van der Waals surface area contributed by atoms with Crippen LogP contribution in [0.4, 0.5) is 10.1 Å². The number of ether oxygens (including phenoxy) is 1. The van der Waals surface area contributed by atoms with Crippen molar-refractivity contribution in [2.45, 2.75) is 38.7 Å². The van der Waals surface area contributed by atoms with Gasteiger partial charge in [0, 0.05) is 24.2 Å². The van der Waals surface area contributed by atoms with Gasteiger partial charge in [0.2, 0.25) is 5.97 Å². The van der Waals surface area contributed by atoms with Gasteiger partial charge in [-0.3, -0.25) is 5.41 Å². The van der Waals surface area contributed by atoms with Crippen LogP contribution in [-0.4, -0.2) is 18.8 Å². The van der Waals surface area contributed by atoms with E-state index in [4.69, 9.17) is 10.1 Å². The lowest BCUT2D eigenvalue weighted by Gasteiger charge is -2.15. The average molecular weight is 392 g/mol. The first kappa shape index (κ1) is 20.6. The Labute approximate surface area is 171 Å². The largest absolute Gasteiger partial charge is 0.489 e. The highest BCUT2D eigenvalue weighted by Crippen LogP contribution is 2.30. The number of anilines is 1. The number of halogens is 1. The molecule has 2 aromatic carbocycles. The molecule has 0 unspecified atom stereocenters. The molecule has 29 heavy (non-hydrogen) atoms. The maximum absolute atomic E-state index is 14.0. The van der Waals surface area contributed by atoms with Crippen molar-refractivity contribution < 1.29 is 13.9 Å². The normalized spacial score (nSPS) is 13.7. The van der Waals surface area contributed by atoms with E-state index < -0.39 is 5.97 Å². The molecule has 2 aromatic rings. The van der Waals surface area contributed by atoms with E-state index in [2.05, 4.69) is 17.2 Å². The lowest BCUT2D eigenvalue weighted by molar-refractivity contribution is -0.107. The van der Waals surface area contributed by atoms with Gasteiger partial charge in [-0.15, -0.1) is 5.92 Å². The van der Waals surface area contributed by atoms with E-state index in [0.29, 0.717) is 29.3 Å². The Morgan fingerprint density at radius 1 is 1.31 bits per heavy atom. The predicted molar refractivity (Wildman–Crippen MR) is 113 cm³/mol. The third kappa shape index (κ3) is 5.68. The van der Waals surface area contributed by atoms with E-state index in [1.165, 1.54) is 12.8 Å². The summed E-state index contributed by atoms with van der Waals surface area (Å²) >= 11 is 0. The van der Waals surface area contributed by atoms with Crippen molar-refractivity contribution in [3.05, 3.63) is 59.2 Å². The van der Waals surface area contributed by atoms with E-state index >= 15 is 0 Å². The first-order chi connectivity index (χ1) is 14.1. The van der Waals surface area contributed by atoms with Crippen LogP contribution in [0.3, 0.4) is 0 Å². The summed E-state index contributed by atoms with van der Waals surface area (Å²) in [5.41, 5.74) is 2.47. The lowest BCUT2D eigenvalue weighted by Crippen LogP contribution is -2.11. The number of rotatable bonds is 10. The van der Waals surface area contributed by atoms with Crippen LogP contribution in [-0.2, 0) is 11.4 Å². The van der Waals surface area contributed by atoms with Gasteiger partial charge in [0.15, 0.2) is 0 Å². The fourth-order valence-electron chi connectivity index (χ4n) is 3.21. The van der Waals surface area contributed by atoms with E-state index in [1.807, 2.05) is 30.3 Å². The summed E-state index contributed by atoms with van der Waals surface area (Å²) in [6.07, 6.45) is 3.62. The van der Waals surface area contributed by atoms with E-state index in [1.54, 1.807) is 19.1 Å². The third-order valence-corrected chi connectivity index (χ3v) is 4.98. The van der Waals surface area contributed by atoms with Crippen molar-refractivity contribution in [1.82, 2.24) is 0 Å². The molecule has 0 aromatic heterocycles. The molecule has 0 heterocycles. The van der Waals surface area contributed by atoms with Crippen molar-refractivity contribution in [1.29, 1.82) is 5.41 Å². The fraction of sp³-hybridized carbons (Fsp3) is 0.333. The molecule has 5 heteroatoms. The maximum atomic E-state index is 14.0. The monoisotopic (exact) mass is 392 g/mol. The topological polar surface area (TPSA) is 62.2 Å². The highest BCUT2D eigenvalue weighted by molar-refractivity contribution is 5.98. The summed E-state index contributed by atoms with van der Waals surface area (Å²) in [7, 11) is 0. The molecule has 3 rings (SSSR count). The molecule has 0 radical (unpaired) electrons. The van der Waals surface area contributed by atoms with Crippen LogP contribution in [0.2, 0.25) is 0 Å². The van der Waals surface area contributed by atoms with Gasteiger partial charge in [-0.1, -0.05) is 30.2 Å². The summed E-state index contributed by atoms with van der Waals surface area (Å²) in [5, 5.41) is 10.8. The van der Waals surface area contributed by atoms with Gasteiger partial charge in [0.25, 0.3) is 0 Å². The number of carbonyl (C=O) groups is 1.